The maximum Gasteiger partial charge on any atom is 0.251 e. The summed E-state index contributed by atoms with van der Waals surface area (Å²) in [6, 6.07) is 11.0. The molecule has 4 rings (SSSR count). The highest BCUT2D eigenvalue weighted by molar-refractivity contribution is 6.00. The molecule has 0 radical (unpaired) electrons. The fourth-order valence-electron chi connectivity index (χ4n) is 4.27. The molecule has 2 N–H and O–H groups in total. The van der Waals surface area contributed by atoms with Gasteiger partial charge in [0.1, 0.15) is 5.75 Å². The highest BCUT2D eigenvalue weighted by Crippen LogP contribution is 2.58. The first-order valence-corrected chi connectivity index (χ1v) is 8.24. The number of rotatable bonds is 4. The minimum atomic E-state index is -0.0909. The summed E-state index contributed by atoms with van der Waals surface area (Å²) >= 11 is 0. The molecule has 2 aliphatic rings. The zero-order valence-corrected chi connectivity index (χ0v) is 12.6. The third-order valence-corrected chi connectivity index (χ3v) is 5.45. The van der Waals surface area contributed by atoms with Crippen molar-refractivity contribution in [2.45, 2.75) is 25.7 Å². The van der Waals surface area contributed by atoms with Crippen LogP contribution in [0.3, 0.4) is 0 Å². The molecule has 0 saturated heterocycles. The minimum Gasteiger partial charge on any atom is -0.507 e. The molecule has 22 heavy (non-hydrogen) atoms. The summed E-state index contributed by atoms with van der Waals surface area (Å²) in [6.45, 7) is 0.740. The lowest BCUT2D eigenvalue weighted by atomic mass is 10.1. The summed E-state index contributed by atoms with van der Waals surface area (Å²) in [6.07, 6.45) is 5.28. The average Bonchev–Trinajstić information content (AvgIpc) is 2.95. The van der Waals surface area contributed by atoms with Gasteiger partial charge < -0.3 is 10.4 Å². The Balaban J connectivity index is 1.40. The topological polar surface area (TPSA) is 49.3 Å². The maximum atomic E-state index is 12.3. The van der Waals surface area contributed by atoms with Crippen LogP contribution in [0.2, 0.25) is 0 Å². The van der Waals surface area contributed by atoms with Gasteiger partial charge in [-0.1, -0.05) is 30.7 Å². The summed E-state index contributed by atoms with van der Waals surface area (Å²) in [7, 11) is 0. The third-order valence-electron chi connectivity index (χ3n) is 5.45. The van der Waals surface area contributed by atoms with Crippen LogP contribution in [0.15, 0.2) is 36.4 Å². The number of phenolic OH excluding ortho intramolecular Hbond substituents is 1. The summed E-state index contributed by atoms with van der Waals surface area (Å²) < 4.78 is 0. The van der Waals surface area contributed by atoms with Crippen LogP contribution in [0.4, 0.5) is 0 Å². The Bertz CT molecular complexity index is 714. The quantitative estimate of drug-likeness (QED) is 0.903. The van der Waals surface area contributed by atoms with Crippen LogP contribution < -0.4 is 5.32 Å². The zero-order chi connectivity index (χ0) is 15.1. The van der Waals surface area contributed by atoms with Gasteiger partial charge in [-0.05, 0) is 54.5 Å². The van der Waals surface area contributed by atoms with Crippen molar-refractivity contribution in [2.24, 2.45) is 17.8 Å². The Morgan fingerprint density at radius 1 is 1.18 bits per heavy atom. The van der Waals surface area contributed by atoms with Gasteiger partial charge in [0.2, 0.25) is 0 Å². The van der Waals surface area contributed by atoms with Crippen molar-refractivity contribution in [1.82, 2.24) is 5.32 Å². The molecular formula is C19H21NO2. The van der Waals surface area contributed by atoms with Crippen LogP contribution in [0.5, 0.6) is 5.75 Å². The lowest BCUT2D eigenvalue weighted by Gasteiger charge is -2.08. The Morgan fingerprint density at radius 3 is 2.77 bits per heavy atom. The van der Waals surface area contributed by atoms with Gasteiger partial charge in [0, 0.05) is 17.5 Å². The highest BCUT2D eigenvalue weighted by atomic mass is 16.3. The normalized spacial score (nSPS) is 25.9. The highest BCUT2D eigenvalue weighted by Gasteiger charge is 2.51. The second kappa shape index (κ2) is 5.31. The SMILES string of the molecule is O=C(NCCC1C2CCCC21)c1cc(O)c2ccccc2c1. The minimum absolute atomic E-state index is 0.0909. The first-order chi connectivity index (χ1) is 10.7. The standard InChI is InChI=1S/C19H21NO2/c21-18-11-13(10-12-4-1-2-5-14(12)18)19(22)20-9-8-17-15-6-3-7-16(15)17/h1-2,4-5,10-11,15-17,21H,3,6-9H2,(H,20,22). The Kier molecular flexibility index (Phi) is 3.29. The van der Waals surface area contributed by atoms with E-state index >= 15 is 0 Å². The van der Waals surface area contributed by atoms with E-state index in [-0.39, 0.29) is 11.7 Å². The number of hydrogen-bond donors (Lipinski definition) is 2. The van der Waals surface area contributed by atoms with E-state index in [1.54, 1.807) is 6.07 Å². The fraction of sp³-hybridized carbons (Fsp3) is 0.421. The third kappa shape index (κ3) is 2.35. The molecule has 114 valence electrons. The maximum absolute atomic E-state index is 12.3. The predicted molar refractivity (Wildman–Crippen MR) is 86.9 cm³/mol. The molecule has 0 aliphatic heterocycles. The van der Waals surface area contributed by atoms with Crippen LogP contribution in [0.25, 0.3) is 10.8 Å². The van der Waals surface area contributed by atoms with Crippen LogP contribution >= 0.6 is 0 Å². The summed E-state index contributed by atoms with van der Waals surface area (Å²) in [5.74, 6) is 2.81. The van der Waals surface area contributed by atoms with Crippen molar-refractivity contribution >= 4 is 16.7 Å². The summed E-state index contributed by atoms with van der Waals surface area (Å²) in [4.78, 5) is 12.3. The molecular weight excluding hydrogens is 274 g/mol. The molecule has 2 fully saturated rings. The number of fused-ring (bicyclic) bond motifs is 2. The molecule has 0 heterocycles. The first kappa shape index (κ1) is 13.6. The van der Waals surface area contributed by atoms with Crippen molar-refractivity contribution in [3.63, 3.8) is 0 Å². The molecule has 0 spiro atoms. The van der Waals surface area contributed by atoms with Crippen LogP contribution in [-0.4, -0.2) is 17.6 Å². The number of amides is 1. The summed E-state index contributed by atoms with van der Waals surface area (Å²) in [5, 5.41) is 14.7. The molecule has 0 aromatic heterocycles. The van der Waals surface area contributed by atoms with E-state index in [0.717, 1.165) is 41.5 Å². The summed E-state index contributed by atoms with van der Waals surface area (Å²) in [5.41, 5.74) is 0.534. The van der Waals surface area contributed by atoms with Gasteiger partial charge in [0.05, 0.1) is 0 Å². The Morgan fingerprint density at radius 2 is 1.95 bits per heavy atom. The van der Waals surface area contributed by atoms with Crippen LogP contribution in [-0.2, 0) is 0 Å². The lowest BCUT2D eigenvalue weighted by Crippen LogP contribution is -2.25. The zero-order valence-electron chi connectivity index (χ0n) is 12.6. The monoisotopic (exact) mass is 295 g/mol. The average molecular weight is 295 g/mol. The van der Waals surface area contributed by atoms with Gasteiger partial charge in [0.15, 0.2) is 0 Å². The number of carbonyl (C=O) groups excluding carboxylic acids is 1. The second-order valence-corrected chi connectivity index (χ2v) is 6.68. The number of hydrogen-bond acceptors (Lipinski definition) is 2. The number of carbonyl (C=O) groups is 1. The van der Waals surface area contributed by atoms with E-state index in [1.165, 1.54) is 19.3 Å². The second-order valence-electron chi connectivity index (χ2n) is 6.68. The fourth-order valence-corrected chi connectivity index (χ4v) is 4.27. The Hall–Kier alpha value is -2.03. The van der Waals surface area contributed by atoms with E-state index < -0.39 is 0 Å². The lowest BCUT2D eigenvalue weighted by molar-refractivity contribution is 0.0952. The number of aromatic hydroxyl groups is 1. The number of benzene rings is 2. The van der Waals surface area contributed by atoms with Gasteiger partial charge in [0.25, 0.3) is 5.91 Å². The Labute approximate surface area is 130 Å². The molecule has 3 nitrogen and oxygen atoms in total. The van der Waals surface area contributed by atoms with Crippen molar-refractivity contribution in [3.8, 4) is 5.75 Å². The smallest absolute Gasteiger partial charge is 0.251 e. The molecule has 2 atom stereocenters. The van der Waals surface area contributed by atoms with Gasteiger partial charge >= 0.3 is 0 Å². The molecule has 2 saturated carbocycles. The van der Waals surface area contributed by atoms with Gasteiger partial charge in [-0.3, -0.25) is 4.79 Å². The predicted octanol–water partition coefficient (Wildman–Crippen LogP) is 3.71. The van der Waals surface area contributed by atoms with Crippen molar-refractivity contribution < 1.29 is 9.90 Å². The molecule has 3 heteroatoms. The van der Waals surface area contributed by atoms with Crippen LogP contribution in [0, 0.1) is 17.8 Å². The van der Waals surface area contributed by atoms with E-state index in [2.05, 4.69) is 5.32 Å². The molecule has 2 unspecified atom stereocenters. The van der Waals surface area contributed by atoms with Crippen molar-refractivity contribution in [1.29, 1.82) is 0 Å². The molecule has 2 aliphatic carbocycles. The first-order valence-electron chi connectivity index (χ1n) is 8.24. The van der Waals surface area contributed by atoms with E-state index in [4.69, 9.17) is 0 Å². The van der Waals surface area contributed by atoms with Gasteiger partial charge in [-0.2, -0.15) is 0 Å². The molecule has 2 aromatic rings. The number of nitrogens with one attached hydrogen (secondary N) is 1. The van der Waals surface area contributed by atoms with Gasteiger partial charge in [-0.15, -0.1) is 0 Å². The molecule has 2 aromatic carbocycles. The molecule has 0 bridgehead atoms. The van der Waals surface area contributed by atoms with Crippen molar-refractivity contribution in [3.05, 3.63) is 42.0 Å². The number of phenols is 1. The van der Waals surface area contributed by atoms with Crippen molar-refractivity contribution in [2.75, 3.05) is 6.54 Å². The van der Waals surface area contributed by atoms with Gasteiger partial charge in [-0.25, -0.2) is 0 Å². The molecule has 1 amide bonds. The van der Waals surface area contributed by atoms with Crippen LogP contribution in [0.1, 0.15) is 36.0 Å². The largest absolute Gasteiger partial charge is 0.507 e. The van der Waals surface area contributed by atoms with E-state index in [0.29, 0.717) is 5.56 Å². The van der Waals surface area contributed by atoms with E-state index in [9.17, 15) is 9.90 Å². The van der Waals surface area contributed by atoms with E-state index in [1.807, 2.05) is 30.3 Å².